The molecule has 0 aliphatic carbocycles. The summed E-state index contributed by atoms with van der Waals surface area (Å²) in [7, 11) is -3.36. The van der Waals surface area contributed by atoms with Crippen molar-refractivity contribution in [2.45, 2.75) is 19.9 Å². The molecule has 0 atom stereocenters. The average molecular weight is 341 g/mol. The van der Waals surface area contributed by atoms with Gasteiger partial charge in [0.1, 0.15) is 5.21 Å². The van der Waals surface area contributed by atoms with Gasteiger partial charge in [-0.1, -0.05) is 41.1 Å². The Labute approximate surface area is 116 Å². The molecule has 3 nitrogen and oxygen atoms in total. The lowest BCUT2D eigenvalue weighted by molar-refractivity contribution is 0.408. The molecule has 0 amide bonds. The predicted molar refractivity (Wildman–Crippen MR) is 74.5 cm³/mol. The number of alkyl halides is 1. The topological polar surface area (TPSA) is 37.4 Å². The van der Waals surface area contributed by atoms with Gasteiger partial charge in [0.2, 0.25) is 10.0 Å². The zero-order chi connectivity index (χ0) is 12.9. The maximum atomic E-state index is 11.8. The number of hydrogen-bond donors (Lipinski definition) is 0. The average Bonchev–Trinajstić information content (AvgIpc) is 2.31. The smallest absolute Gasteiger partial charge is 0.211 e. The molecule has 0 aliphatic heterocycles. The Bertz CT molecular complexity index is 464. The molecule has 0 spiro atoms. The number of halogens is 2. The minimum absolute atomic E-state index is 0.352. The molecule has 17 heavy (non-hydrogen) atoms. The van der Waals surface area contributed by atoms with Gasteiger partial charge in [-0.2, -0.15) is 4.31 Å². The van der Waals surface area contributed by atoms with E-state index in [1.807, 2.05) is 31.2 Å². The summed E-state index contributed by atoms with van der Waals surface area (Å²) in [5.74, 6) is 0. The van der Waals surface area contributed by atoms with E-state index >= 15 is 0 Å². The summed E-state index contributed by atoms with van der Waals surface area (Å²) < 4.78 is 25.9. The van der Waals surface area contributed by atoms with E-state index in [4.69, 9.17) is 11.6 Å². The first kappa shape index (κ1) is 15.0. The van der Waals surface area contributed by atoms with Crippen molar-refractivity contribution in [3.63, 3.8) is 0 Å². The predicted octanol–water partition coefficient (Wildman–Crippen LogP) is 3.19. The Kier molecular flexibility index (Phi) is 5.92. The Morgan fingerprint density at radius 3 is 2.53 bits per heavy atom. The number of benzene rings is 1. The first-order valence-corrected chi connectivity index (χ1v) is 8.22. The van der Waals surface area contributed by atoms with Gasteiger partial charge in [0.15, 0.2) is 0 Å². The van der Waals surface area contributed by atoms with Crippen LogP contribution in [0, 0.1) is 0 Å². The van der Waals surface area contributed by atoms with Gasteiger partial charge in [-0.25, -0.2) is 8.42 Å². The molecule has 0 radical (unpaired) electrons. The first-order chi connectivity index (χ1) is 8.01. The van der Waals surface area contributed by atoms with Crippen molar-refractivity contribution in [2.75, 3.05) is 11.8 Å². The van der Waals surface area contributed by atoms with Crippen molar-refractivity contribution < 1.29 is 8.42 Å². The molecular formula is C11H15BrClNO2S. The van der Waals surface area contributed by atoms with Crippen LogP contribution in [0.3, 0.4) is 0 Å². The molecule has 1 rings (SSSR count). The van der Waals surface area contributed by atoms with Crippen molar-refractivity contribution in [2.24, 2.45) is 0 Å². The van der Waals surface area contributed by atoms with Crippen molar-refractivity contribution in [1.82, 2.24) is 4.31 Å². The van der Waals surface area contributed by atoms with Gasteiger partial charge in [0.05, 0.1) is 0 Å². The van der Waals surface area contributed by atoms with Crippen LogP contribution in [-0.4, -0.2) is 24.5 Å². The summed E-state index contributed by atoms with van der Waals surface area (Å²) in [6, 6.07) is 7.58. The quantitative estimate of drug-likeness (QED) is 0.746. The zero-order valence-electron chi connectivity index (χ0n) is 9.57. The van der Waals surface area contributed by atoms with Crippen LogP contribution < -0.4 is 0 Å². The van der Waals surface area contributed by atoms with Gasteiger partial charge in [-0.15, -0.1) is 11.6 Å². The Balaban J connectivity index is 2.92. The third kappa shape index (κ3) is 4.25. The Morgan fingerprint density at radius 1 is 1.35 bits per heavy atom. The van der Waals surface area contributed by atoms with E-state index in [0.29, 0.717) is 13.1 Å². The number of rotatable bonds is 6. The lowest BCUT2D eigenvalue weighted by atomic mass is 10.2. The summed E-state index contributed by atoms with van der Waals surface area (Å²) in [6.07, 6.45) is 0.764. The SMILES string of the molecule is CCCN(Cc1ccccc1Br)S(=O)(=O)CCl. The van der Waals surface area contributed by atoms with Crippen molar-refractivity contribution in [3.8, 4) is 0 Å². The molecule has 0 saturated heterocycles. The fraction of sp³-hybridized carbons (Fsp3) is 0.455. The van der Waals surface area contributed by atoms with Crippen LogP contribution in [0.15, 0.2) is 28.7 Å². The standard InChI is InChI=1S/C11H15BrClNO2S/c1-2-7-14(17(15,16)9-13)8-10-5-3-4-6-11(10)12/h3-6H,2,7-9H2,1H3. The first-order valence-electron chi connectivity index (χ1n) is 5.28. The van der Waals surface area contributed by atoms with Crippen LogP contribution in [0.4, 0.5) is 0 Å². The highest BCUT2D eigenvalue weighted by molar-refractivity contribution is 9.10. The Morgan fingerprint density at radius 2 is 2.00 bits per heavy atom. The molecule has 0 aromatic heterocycles. The number of hydrogen-bond acceptors (Lipinski definition) is 2. The molecule has 96 valence electrons. The summed E-state index contributed by atoms with van der Waals surface area (Å²) in [6.45, 7) is 2.78. The van der Waals surface area contributed by atoms with E-state index in [-0.39, 0.29) is 5.21 Å². The van der Waals surface area contributed by atoms with E-state index in [2.05, 4.69) is 15.9 Å². The molecule has 6 heteroatoms. The highest BCUT2D eigenvalue weighted by atomic mass is 79.9. The fourth-order valence-corrected chi connectivity index (χ4v) is 3.21. The summed E-state index contributed by atoms with van der Waals surface area (Å²) in [5.41, 5.74) is 0.939. The van der Waals surface area contributed by atoms with Crippen LogP contribution in [0.1, 0.15) is 18.9 Å². The van der Waals surface area contributed by atoms with E-state index in [9.17, 15) is 8.42 Å². The summed E-state index contributed by atoms with van der Waals surface area (Å²) in [5, 5.41) is -0.378. The van der Waals surface area contributed by atoms with Crippen LogP contribution >= 0.6 is 27.5 Å². The molecule has 1 aromatic carbocycles. The van der Waals surface area contributed by atoms with Crippen LogP contribution in [0.25, 0.3) is 0 Å². The van der Waals surface area contributed by atoms with Crippen LogP contribution in [0.2, 0.25) is 0 Å². The minimum Gasteiger partial charge on any atom is -0.211 e. The van der Waals surface area contributed by atoms with Crippen molar-refractivity contribution in [3.05, 3.63) is 34.3 Å². The van der Waals surface area contributed by atoms with Crippen LogP contribution in [-0.2, 0) is 16.6 Å². The summed E-state index contributed by atoms with van der Waals surface area (Å²) in [4.78, 5) is 0. The second-order valence-corrected chi connectivity index (χ2v) is 7.05. The number of sulfonamides is 1. The van der Waals surface area contributed by atoms with Gasteiger partial charge < -0.3 is 0 Å². The third-order valence-electron chi connectivity index (χ3n) is 2.31. The van der Waals surface area contributed by atoms with Gasteiger partial charge in [0, 0.05) is 17.6 Å². The molecule has 0 heterocycles. The maximum Gasteiger partial charge on any atom is 0.228 e. The minimum atomic E-state index is -3.36. The van der Waals surface area contributed by atoms with E-state index in [1.165, 1.54) is 4.31 Å². The van der Waals surface area contributed by atoms with Crippen molar-refractivity contribution >= 4 is 37.6 Å². The molecule has 0 saturated carbocycles. The fourth-order valence-electron chi connectivity index (χ4n) is 1.45. The Hall–Kier alpha value is -0.100. The zero-order valence-corrected chi connectivity index (χ0v) is 12.7. The van der Waals surface area contributed by atoms with Gasteiger partial charge in [-0.3, -0.25) is 0 Å². The molecular weight excluding hydrogens is 326 g/mol. The molecule has 0 N–H and O–H groups in total. The van der Waals surface area contributed by atoms with Crippen molar-refractivity contribution in [1.29, 1.82) is 0 Å². The second-order valence-electron chi connectivity index (χ2n) is 3.65. The van der Waals surface area contributed by atoms with Crippen LogP contribution in [0.5, 0.6) is 0 Å². The highest BCUT2D eigenvalue weighted by Crippen LogP contribution is 2.19. The second kappa shape index (κ2) is 6.73. The van der Waals surface area contributed by atoms with Gasteiger partial charge in [0.25, 0.3) is 0 Å². The molecule has 1 aromatic rings. The van der Waals surface area contributed by atoms with E-state index in [0.717, 1.165) is 16.5 Å². The molecule has 0 unspecified atom stereocenters. The summed E-state index contributed by atoms with van der Waals surface area (Å²) >= 11 is 8.90. The largest absolute Gasteiger partial charge is 0.228 e. The van der Waals surface area contributed by atoms with E-state index < -0.39 is 10.0 Å². The van der Waals surface area contributed by atoms with E-state index in [1.54, 1.807) is 0 Å². The molecule has 0 fully saturated rings. The lowest BCUT2D eigenvalue weighted by Crippen LogP contribution is -2.32. The van der Waals surface area contributed by atoms with Gasteiger partial charge >= 0.3 is 0 Å². The van der Waals surface area contributed by atoms with Gasteiger partial charge in [-0.05, 0) is 18.1 Å². The normalized spacial score (nSPS) is 12.0. The molecule has 0 bridgehead atoms. The third-order valence-corrected chi connectivity index (χ3v) is 5.28. The number of nitrogens with zero attached hydrogens (tertiary/aromatic N) is 1. The monoisotopic (exact) mass is 339 g/mol. The maximum absolute atomic E-state index is 11.8. The lowest BCUT2D eigenvalue weighted by Gasteiger charge is -2.20. The highest BCUT2D eigenvalue weighted by Gasteiger charge is 2.20. The molecule has 0 aliphatic rings.